The third kappa shape index (κ3) is 5.04. The van der Waals surface area contributed by atoms with E-state index in [0.29, 0.717) is 6.42 Å². The molecule has 2 aromatic rings. The summed E-state index contributed by atoms with van der Waals surface area (Å²) in [6.07, 6.45) is 8.34. The lowest BCUT2D eigenvalue weighted by molar-refractivity contribution is 0.632. The van der Waals surface area contributed by atoms with Gasteiger partial charge in [0, 0.05) is 0 Å². The highest BCUT2D eigenvalue weighted by molar-refractivity contribution is 5.64. The molecule has 0 N–H and O–H groups in total. The van der Waals surface area contributed by atoms with Crippen LogP contribution in [0, 0.1) is 11.3 Å². The minimum Gasteiger partial charge on any atom is -0.198 e. The molecule has 0 amide bonds. The molecule has 0 aromatic heterocycles. The van der Waals surface area contributed by atoms with Gasteiger partial charge in [0.15, 0.2) is 0 Å². The molecule has 22 heavy (non-hydrogen) atoms. The van der Waals surface area contributed by atoms with Crippen molar-refractivity contribution < 1.29 is 0 Å². The summed E-state index contributed by atoms with van der Waals surface area (Å²) in [5.41, 5.74) is 4.98. The van der Waals surface area contributed by atoms with Crippen LogP contribution >= 0.6 is 0 Å². The third-order valence-corrected chi connectivity index (χ3v) is 4.09. The van der Waals surface area contributed by atoms with Gasteiger partial charge in [-0.25, -0.2) is 0 Å². The summed E-state index contributed by atoms with van der Waals surface area (Å²) in [4.78, 5) is 0. The Balaban J connectivity index is 1.89. The van der Waals surface area contributed by atoms with Crippen molar-refractivity contribution in [2.45, 2.75) is 51.9 Å². The van der Waals surface area contributed by atoms with Crippen molar-refractivity contribution in [2.75, 3.05) is 0 Å². The van der Waals surface area contributed by atoms with Gasteiger partial charge in [-0.1, -0.05) is 81.1 Å². The number of hydrogen-bond donors (Lipinski definition) is 0. The average Bonchev–Trinajstić information content (AvgIpc) is 2.56. The Labute approximate surface area is 134 Å². The van der Waals surface area contributed by atoms with Gasteiger partial charge in [0.05, 0.1) is 12.5 Å². The fraction of sp³-hybridized carbons (Fsp3) is 0.381. The SMILES string of the molecule is CCCCCCCc1ccc(-c2ccc(CC#N)cc2)cc1. The smallest absolute Gasteiger partial charge is 0.0669 e. The van der Waals surface area contributed by atoms with Crippen molar-refractivity contribution in [2.24, 2.45) is 0 Å². The minimum atomic E-state index is 0.483. The van der Waals surface area contributed by atoms with Gasteiger partial charge < -0.3 is 0 Å². The highest BCUT2D eigenvalue weighted by atomic mass is 14.2. The lowest BCUT2D eigenvalue weighted by Gasteiger charge is -2.06. The van der Waals surface area contributed by atoms with E-state index in [1.807, 2.05) is 12.1 Å². The highest BCUT2D eigenvalue weighted by Crippen LogP contribution is 2.21. The van der Waals surface area contributed by atoms with Gasteiger partial charge in [-0.15, -0.1) is 0 Å². The van der Waals surface area contributed by atoms with Crippen molar-refractivity contribution in [1.82, 2.24) is 0 Å². The zero-order valence-electron chi connectivity index (χ0n) is 13.5. The Morgan fingerprint density at radius 2 is 1.27 bits per heavy atom. The van der Waals surface area contributed by atoms with Gasteiger partial charge in [0.1, 0.15) is 0 Å². The van der Waals surface area contributed by atoms with E-state index in [1.54, 1.807) is 0 Å². The summed E-state index contributed by atoms with van der Waals surface area (Å²) >= 11 is 0. The normalized spacial score (nSPS) is 10.4. The molecule has 0 radical (unpaired) electrons. The first-order valence-electron chi connectivity index (χ1n) is 8.38. The van der Waals surface area contributed by atoms with Crippen LogP contribution in [0.2, 0.25) is 0 Å². The van der Waals surface area contributed by atoms with Gasteiger partial charge in [0.2, 0.25) is 0 Å². The lowest BCUT2D eigenvalue weighted by atomic mass is 10.00. The van der Waals surface area contributed by atoms with Gasteiger partial charge in [-0.2, -0.15) is 5.26 Å². The maximum Gasteiger partial charge on any atom is 0.0669 e. The first-order chi connectivity index (χ1) is 10.8. The Morgan fingerprint density at radius 3 is 1.82 bits per heavy atom. The molecule has 0 heterocycles. The van der Waals surface area contributed by atoms with E-state index in [0.717, 1.165) is 5.56 Å². The first-order valence-corrected chi connectivity index (χ1v) is 8.38. The number of aryl methyl sites for hydroxylation is 1. The Morgan fingerprint density at radius 1 is 0.727 bits per heavy atom. The number of rotatable bonds is 8. The molecular formula is C21H25N. The summed E-state index contributed by atoms with van der Waals surface area (Å²) < 4.78 is 0. The van der Waals surface area contributed by atoms with E-state index in [4.69, 9.17) is 5.26 Å². The lowest BCUT2D eigenvalue weighted by Crippen LogP contribution is -1.87. The van der Waals surface area contributed by atoms with Crippen LogP contribution < -0.4 is 0 Å². The average molecular weight is 291 g/mol. The summed E-state index contributed by atoms with van der Waals surface area (Å²) in [6.45, 7) is 2.26. The van der Waals surface area contributed by atoms with E-state index in [9.17, 15) is 0 Å². The van der Waals surface area contributed by atoms with Crippen LogP contribution in [0.4, 0.5) is 0 Å². The first kappa shape index (κ1) is 16.3. The zero-order valence-corrected chi connectivity index (χ0v) is 13.5. The second-order valence-corrected chi connectivity index (χ2v) is 5.89. The summed E-state index contributed by atoms with van der Waals surface area (Å²) in [7, 11) is 0. The van der Waals surface area contributed by atoms with Crippen molar-refractivity contribution in [3.63, 3.8) is 0 Å². The number of hydrogen-bond acceptors (Lipinski definition) is 1. The maximum absolute atomic E-state index is 8.71. The van der Waals surface area contributed by atoms with Crippen molar-refractivity contribution in [3.8, 4) is 17.2 Å². The molecule has 0 aliphatic rings. The summed E-state index contributed by atoms with van der Waals surface area (Å²) in [6, 6.07) is 19.4. The van der Waals surface area contributed by atoms with Crippen LogP contribution in [0.25, 0.3) is 11.1 Å². The molecule has 0 aliphatic carbocycles. The van der Waals surface area contributed by atoms with Crippen LogP contribution in [-0.4, -0.2) is 0 Å². The maximum atomic E-state index is 8.71. The fourth-order valence-corrected chi connectivity index (χ4v) is 2.70. The van der Waals surface area contributed by atoms with Crippen LogP contribution in [0.1, 0.15) is 50.2 Å². The second kappa shape index (κ2) is 9.05. The third-order valence-electron chi connectivity index (χ3n) is 4.09. The van der Waals surface area contributed by atoms with Crippen LogP contribution in [0.3, 0.4) is 0 Å². The van der Waals surface area contributed by atoms with E-state index < -0.39 is 0 Å². The predicted octanol–water partition coefficient (Wildman–Crippen LogP) is 5.93. The molecule has 0 aliphatic heterocycles. The molecule has 0 saturated carbocycles. The molecule has 0 bridgehead atoms. The molecule has 0 unspecified atom stereocenters. The fourth-order valence-electron chi connectivity index (χ4n) is 2.70. The number of nitriles is 1. The van der Waals surface area contributed by atoms with Crippen molar-refractivity contribution in [1.29, 1.82) is 5.26 Å². The van der Waals surface area contributed by atoms with E-state index in [-0.39, 0.29) is 0 Å². The standard InChI is InChI=1S/C21H25N/c1-2-3-4-5-6-7-18-8-12-20(13-9-18)21-14-10-19(11-15-21)16-17-22/h8-15H,2-7,16H2,1H3. The van der Waals surface area contributed by atoms with Gasteiger partial charge in [-0.3, -0.25) is 0 Å². The van der Waals surface area contributed by atoms with Crippen LogP contribution in [-0.2, 0) is 12.8 Å². The molecule has 1 nitrogen and oxygen atoms in total. The molecule has 1 heteroatoms. The molecular weight excluding hydrogens is 266 g/mol. The molecule has 2 aromatic carbocycles. The Hall–Kier alpha value is -2.07. The second-order valence-electron chi connectivity index (χ2n) is 5.89. The quantitative estimate of drug-likeness (QED) is 0.553. The monoisotopic (exact) mass is 291 g/mol. The summed E-state index contributed by atoms with van der Waals surface area (Å²) in [5, 5.41) is 8.71. The predicted molar refractivity (Wildman–Crippen MR) is 93.7 cm³/mol. The van der Waals surface area contributed by atoms with Gasteiger partial charge in [0.25, 0.3) is 0 Å². The van der Waals surface area contributed by atoms with Gasteiger partial charge in [-0.05, 0) is 35.1 Å². The number of unbranched alkanes of at least 4 members (excludes halogenated alkanes) is 4. The van der Waals surface area contributed by atoms with Crippen LogP contribution in [0.15, 0.2) is 48.5 Å². The molecule has 0 spiro atoms. The van der Waals surface area contributed by atoms with Crippen molar-refractivity contribution in [3.05, 3.63) is 59.7 Å². The van der Waals surface area contributed by atoms with Crippen LogP contribution in [0.5, 0.6) is 0 Å². The van der Waals surface area contributed by atoms with Gasteiger partial charge >= 0.3 is 0 Å². The molecule has 0 fully saturated rings. The Bertz CT molecular complexity index is 587. The number of benzene rings is 2. The molecule has 2 rings (SSSR count). The largest absolute Gasteiger partial charge is 0.198 e. The zero-order chi connectivity index (χ0) is 15.6. The minimum absolute atomic E-state index is 0.483. The molecule has 114 valence electrons. The number of nitrogens with zero attached hydrogens (tertiary/aromatic N) is 1. The topological polar surface area (TPSA) is 23.8 Å². The highest BCUT2D eigenvalue weighted by Gasteiger charge is 1.99. The van der Waals surface area contributed by atoms with E-state index in [2.05, 4.69) is 49.4 Å². The Kier molecular flexibility index (Phi) is 6.71. The molecule has 0 saturated heterocycles. The van der Waals surface area contributed by atoms with E-state index in [1.165, 1.54) is 55.2 Å². The molecule has 0 atom stereocenters. The van der Waals surface area contributed by atoms with Crippen molar-refractivity contribution >= 4 is 0 Å². The summed E-state index contributed by atoms with van der Waals surface area (Å²) in [5.74, 6) is 0. The van der Waals surface area contributed by atoms with E-state index >= 15 is 0 Å².